The van der Waals surface area contributed by atoms with Gasteiger partial charge in [-0.25, -0.2) is 0 Å². The Morgan fingerprint density at radius 3 is 2.57 bits per heavy atom. The molecule has 2 atom stereocenters. The van der Waals surface area contributed by atoms with Crippen molar-refractivity contribution in [2.75, 3.05) is 13.2 Å². The van der Waals surface area contributed by atoms with Crippen LogP contribution in [0.1, 0.15) is 43.9 Å². The Hall–Kier alpha value is -2.36. The highest BCUT2D eigenvalue weighted by Crippen LogP contribution is 2.25. The lowest BCUT2D eigenvalue weighted by Crippen LogP contribution is -2.32. The van der Waals surface area contributed by atoms with Crippen molar-refractivity contribution in [3.63, 3.8) is 0 Å². The zero-order valence-corrected chi connectivity index (χ0v) is 16.9. The Bertz CT molecular complexity index is 872. The van der Waals surface area contributed by atoms with Crippen LogP contribution in [0.4, 0.5) is 0 Å². The van der Waals surface area contributed by atoms with Gasteiger partial charge in [-0.2, -0.15) is 0 Å². The van der Waals surface area contributed by atoms with Crippen LogP contribution in [0.25, 0.3) is 10.8 Å². The number of aliphatic hydroxyl groups excluding tert-OH is 1. The van der Waals surface area contributed by atoms with Crippen LogP contribution in [0, 0.1) is 0 Å². The first kappa shape index (κ1) is 20.4. The average molecular weight is 378 g/mol. The average Bonchev–Trinajstić information content (AvgIpc) is 2.73. The van der Waals surface area contributed by atoms with Gasteiger partial charge in [-0.05, 0) is 42.2 Å². The minimum Gasteiger partial charge on any atom is -0.493 e. The number of para-hydroxylation sites is 1. The van der Waals surface area contributed by atoms with E-state index in [9.17, 15) is 5.11 Å². The lowest BCUT2D eigenvalue weighted by atomic mass is 9.99. The summed E-state index contributed by atoms with van der Waals surface area (Å²) in [5.41, 5.74) is 2.18. The molecule has 3 rings (SSSR count). The van der Waals surface area contributed by atoms with E-state index >= 15 is 0 Å². The van der Waals surface area contributed by atoms with E-state index in [0.717, 1.165) is 30.6 Å². The number of benzene rings is 3. The third-order valence-electron chi connectivity index (χ3n) is 5.10. The van der Waals surface area contributed by atoms with E-state index in [0.29, 0.717) is 13.2 Å². The summed E-state index contributed by atoms with van der Waals surface area (Å²) in [6.45, 7) is 5.49. The Morgan fingerprint density at radius 2 is 1.71 bits per heavy atom. The Balaban J connectivity index is 1.59. The van der Waals surface area contributed by atoms with Crippen molar-refractivity contribution in [3.8, 4) is 5.75 Å². The van der Waals surface area contributed by atoms with E-state index in [2.05, 4.69) is 61.6 Å². The molecule has 0 aromatic heterocycles. The van der Waals surface area contributed by atoms with Gasteiger partial charge in [0.15, 0.2) is 0 Å². The fraction of sp³-hybridized carbons (Fsp3) is 0.360. The van der Waals surface area contributed by atoms with Gasteiger partial charge in [0.05, 0.1) is 12.7 Å². The second kappa shape index (κ2) is 10.3. The van der Waals surface area contributed by atoms with Crippen LogP contribution in [-0.2, 0) is 6.42 Å². The molecule has 3 nitrogen and oxygen atoms in total. The summed E-state index contributed by atoms with van der Waals surface area (Å²) in [5, 5.41) is 16.8. The maximum absolute atomic E-state index is 10.7. The first-order valence-electron chi connectivity index (χ1n) is 10.3. The largest absolute Gasteiger partial charge is 0.493 e. The van der Waals surface area contributed by atoms with Crippen molar-refractivity contribution in [1.29, 1.82) is 0 Å². The normalized spacial score (nSPS) is 13.4. The molecular formula is C25H31NO2. The molecule has 3 heteroatoms. The number of hydrogen-bond donors (Lipinski definition) is 2. The summed E-state index contributed by atoms with van der Waals surface area (Å²) in [7, 11) is 0. The van der Waals surface area contributed by atoms with E-state index in [4.69, 9.17) is 4.74 Å². The second-order valence-electron chi connectivity index (χ2n) is 7.41. The second-order valence-corrected chi connectivity index (χ2v) is 7.41. The van der Waals surface area contributed by atoms with Crippen LogP contribution in [-0.4, -0.2) is 24.3 Å². The van der Waals surface area contributed by atoms with Crippen LogP contribution < -0.4 is 10.1 Å². The first-order chi connectivity index (χ1) is 13.7. The van der Waals surface area contributed by atoms with Crippen LogP contribution >= 0.6 is 0 Å². The van der Waals surface area contributed by atoms with E-state index in [-0.39, 0.29) is 6.04 Å². The molecule has 0 radical (unpaired) electrons. The fourth-order valence-corrected chi connectivity index (χ4v) is 3.51. The van der Waals surface area contributed by atoms with Crippen LogP contribution in [0.3, 0.4) is 0 Å². The minimum atomic E-state index is -0.590. The monoisotopic (exact) mass is 377 g/mol. The molecule has 0 fully saturated rings. The molecule has 0 saturated carbocycles. The van der Waals surface area contributed by atoms with E-state index in [1.54, 1.807) is 0 Å². The van der Waals surface area contributed by atoms with Gasteiger partial charge in [0, 0.05) is 18.2 Å². The summed E-state index contributed by atoms with van der Waals surface area (Å²) in [6, 6.07) is 23.0. The molecule has 2 unspecified atom stereocenters. The summed E-state index contributed by atoms with van der Waals surface area (Å²) in [5.74, 6) is 0.784. The Kier molecular flexibility index (Phi) is 7.46. The van der Waals surface area contributed by atoms with Crippen molar-refractivity contribution < 1.29 is 9.84 Å². The molecule has 28 heavy (non-hydrogen) atoms. The summed E-state index contributed by atoms with van der Waals surface area (Å²) >= 11 is 0. The van der Waals surface area contributed by atoms with Crippen molar-refractivity contribution in [1.82, 2.24) is 5.32 Å². The van der Waals surface area contributed by atoms with Gasteiger partial charge in [-0.1, -0.05) is 74.0 Å². The molecule has 0 aliphatic carbocycles. The molecule has 0 heterocycles. The summed E-state index contributed by atoms with van der Waals surface area (Å²) in [4.78, 5) is 0. The van der Waals surface area contributed by atoms with Gasteiger partial charge in [-0.3, -0.25) is 0 Å². The van der Waals surface area contributed by atoms with E-state index in [1.807, 2.05) is 24.3 Å². The lowest BCUT2D eigenvalue weighted by Gasteiger charge is -2.20. The minimum absolute atomic E-state index is 0.258. The topological polar surface area (TPSA) is 41.5 Å². The number of hydrogen-bond acceptors (Lipinski definition) is 3. The van der Waals surface area contributed by atoms with Crippen molar-refractivity contribution in [2.24, 2.45) is 0 Å². The van der Waals surface area contributed by atoms with Gasteiger partial charge < -0.3 is 15.2 Å². The number of fused-ring (bicyclic) bond motifs is 1. The molecule has 0 aliphatic rings. The molecule has 0 amide bonds. The summed E-state index contributed by atoms with van der Waals surface area (Å²) < 4.78 is 5.86. The SMILES string of the molecule is CCCCOc1ccccc1C(O)CNC(C)Cc1cccc2ccccc12. The van der Waals surface area contributed by atoms with Crippen LogP contribution in [0.2, 0.25) is 0 Å². The molecule has 148 valence electrons. The zero-order chi connectivity index (χ0) is 19.8. The number of aliphatic hydroxyl groups is 1. The molecule has 0 aliphatic heterocycles. The van der Waals surface area contributed by atoms with Gasteiger partial charge in [0.1, 0.15) is 5.75 Å². The quantitative estimate of drug-likeness (QED) is 0.473. The molecule has 0 saturated heterocycles. The standard InChI is InChI=1S/C25H31NO2/c1-3-4-16-28-25-15-8-7-14-23(25)24(27)18-26-19(2)17-21-12-9-11-20-10-5-6-13-22(20)21/h5-15,19,24,26-27H,3-4,16-18H2,1-2H3. The Morgan fingerprint density at radius 1 is 0.964 bits per heavy atom. The van der Waals surface area contributed by atoms with Crippen LogP contribution in [0.5, 0.6) is 5.75 Å². The molecule has 0 bridgehead atoms. The predicted molar refractivity (Wildman–Crippen MR) is 117 cm³/mol. The van der Waals surface area contributed by atoms with E-state index in [1.165, 1.54) is 16.3 Å². The molecule has 3 aromatic rings. The van der Waals surface area contributed by atoms with Gasteiger partial charge in [0.25, 0.3) is 0 Å². The summed E-state index contributed by atoms with van der Waals surface area (Å²) in [6.07, 6.45) is 2.44. The lowest BCUT2D eigenvalue weighted by molar-refractivity contribution is 0.164. The molecule has 3 aromatic carbocycles. The highest BCUT2D eigenvalue weighted by Gasteiger charge is 2.15. The van der Waals surface area contributed by atoms with Crippen molar-refractivity contribution in [3.05, 3.63) is 77.9 Å². The van der Waals surface area contributed by atoms with Gasteiger partial charge in [-0.15, -0.1) is 0 Å². The number of nitrogens with one attached hydrogen (secondary N) is 1. The zero-order valence-electron chi connectivity index (χ0n) is 16.9. The maximum Gasteiger partial charge on any atom is 0.125 e. The molecule has 0 spiro atoms. The maximum atomic E-state index is 10.7. The van der Waals surface area contributed by atoms with Gasteiger partial charge >= 0.3 is 0 Å². The van der Waals surface area contributed by atoms with Gasteiger partial charge in [0.2, 0.25) is 0 Å². The smallest absolute Gasteiger partial charge is 0.125 e. The van der Waals surface area contributed by atoms with Crippen molar-refractivity contribution in [2.45, 2.75) is 45.3 Å². The Labute approximate surface area is 168 Å². The van der Waals surface area contributed by atoms with Crippen LogP contribution in [0.15, 0.2) is 66.7 Å². The first-order valence-corrected chi connectivity index (χ1v) is 10.3. The third-order valence-corrected chi connectivity index (χ3v) is 5.10. The third kappa shape index (κ3) is 5.34. The highest BCUT2D eigenvalue weighted by molar-refractivity contribution is 5.85. The predicted octanol–water partition coefficient (Wildman–Crippen LogP) is 5.27. The van der Waals surface area contributed by atoms with E-state index < -0.39 is 6.10 Å². The number of unbranched alkanes of at least 4 members (excludes halogenated alkanes) is 1. The number of rotatable bonds is 10. The number of ether oxygens (including phenoxy) is 1. The molecule has 2 N–H and O–H groups in total. The van der Waals surface area contributed by atoms with Crippen molar-refractivity contribution >= 4 is 10.8 Å². The molecular weight excluding hydrogens is 346 g/mol. The highest BCUT2D eigenvalue weighted by atomic mass is 16.5. The fourth-order valence-electron chi connectivity index (χ4n) is 3.51.